The van der Waals surface area contributed by atoms with E-state index in [1.807, 2.05) is 19.9 Å². The number of nitriles is 1. The molecule has 16 heteroatoms. The van der Waals surface area contributed by atoms with Crippen molar-refractivity contribution in [2.45, 2.75) is 153 Å². The number of phosphoric ester groups is 1. The van der Waals surface area contributed by atoms with Crippen molar-refractivity contribution < 1.29 is 42.2 Å². The number of hydrazone groups is 1. The summed E-state index contributed by atoms with van der Waals surface area (Å²) in [4.78, 5) is 19.1. The van der Waals surface area contributed by atoms with Crippen molar-refractivity contribution in [3.63, 3.8) is 0 Å². The highest BCUT2D eigenvalue weighted by atomic mass is 31.2. The van der Waals surface area contributed by atoms with E-state index in [9.17, 15) is 14.7 Å². The normalized spacial score (nSPS) is 27.1. The molecule has 2 fully saturated rings. The van der Waals surface area contributed by atoms with E-state index in [1.165, 1.54) is 76.4 Å². The Morgan fingerprint density at radius 2 is 1.72 bits per heavy atom. The summed E-state index contributed by atoms with van der Waals surface area (Å²) in [5.74, 6) is -0.389. The second kappa shape index (κ2) is 19.8. The number of aliphatic imine (C=N–C) groups is 1. The fourth-order valence-electron chi connectivity index (χ4n) is 7.33. The molecule has 15 nitrogen and oxygen atoms in total. The molecule has 0 aromatic carbocycles. The van der Waals surface area contributed by atoms with E-state index < -0.39 is 43.6 Å². The maximum Gasteiger partial charge on any atom is 0.472 e. The Labute approximate surface area is 319 Å². The second-order valence-electron chi connectivity index (χ2n) is 15.1. The van der Waals surface area contributed by atoms with Gasteiger partial charge < -0.3 is 34.3 Å². The molecule has 4 aliphatic heterocycles. The smallest absolute Gasteiger partial charge is 0.469 e. The van der Waals surface area contributed by atoms with Gasteiger partial charge in [-0.15, -0.1) is 0 Å². The molecule has 0 saturated carbocycles. The van der Waals surface area contributed by atoms with Gasteiger partial charge in [0.2, 0.25) is 5.88 Å². The second-order valence-corrected chi connectivity index (χ2v) is 16.6. The number of ether oxygens (including phenoxy) is 5. The van der Waals surface area contributed by atoms with Crippen LogP contribution >= 0.6 is 7.82 Å². The highest BCUT2D eigenvalue weighted by molar-refractivity contribution is 7.47. The maximum atomic E-state index is 13.3. The molecule has 5 rings (SSSR count). The molecule has 300 valence electrons. The summed E-state index contributed by atoms with van der Waals surface area (Å²) in [5.41, 5.74) is 5.98. The average molecular weight is 775 g/mol. The summed E-state index contributed by atoms with van der Waals surface area (Å²) in [6, 6.07) is 4.84. The predicted molar refractivity (Wildman–Crippen MR) is 203 cm³/mol. The van der Waals surface area contributed by atoms with Gasteiger partial charge in [-0.3, -0.25) is 14.1 Å². The molecule has 0 amide bonds. The Balaban J connectivity index is 1.10. The molecule has 0 spiro atoms. The number of phosphoric acid groups is 1. The van der Waals surface area contributed by atoms with Gasteiger partial charge in [-0.05, 0) is 39.7 Å². The average Bonchev–Trinajstić information content (AvgIpc) is 3.80. The summed E-state index contributed by atoms with van der Waals surface area (Å²) < 4.78 is 55.4. The minimum Gasteiger partial charge on any atom is -0.469 e. The molecule has 0 bridgehead atoms. The van der Waals surface area contributed by atoms with Crippen LogP contribution in [0.4, 0.5) is 0 Å². The third-order valence-electron chi connectivity index (χ3n) is 10.1. The Hall–Kier alpha value is -2.93. The number of hydrogen-bond acceptors (Lipinski definition) is 14. The minimum atomic E-state index is -4.64. The number of nitrogens with two attached hydrogens (primary N) is 1. The van der Waals surface area contributed by atoms with Gasteiger partial charge in [0, 0.05) is 18.9 Å². The highest BCUT2D eigenvalue weighted by Crippen LogP contribution is 2.50. The van der Waals surface area contributed by atoms with Crippen LogP contribution in [0.3, 0.4) is 0 Å². The van der Waals surface area contributed by atoms with Crippen molar-refractivity contribution >= 4 is 20.0 Å². The lowest BCUT2D eigenvalue weighted by Gasteiger charge is -2.35. The summed E-state index contributed by atoms with van der Waals surface area (Å²) in [7, 11) is -4.64. The quantitative estimate of drug-likeness (QED) is 0.0855. The zero-order valence-electron chi connectivity index (χ0n) is 32.3. The monoisotopic (exact) mass is 774 g/mol. The first-order valence-electron chi connectivity index (χ1n) is 19.5. The topological polar surface area (TPSA) is 193 Å². The van der Waals surface area contributed by atoms with Crippen LogP contribution in [0.2, 0.25) is 0 Å². The molecular formula is C38H59N6O9P. The number of unbranched alkanes of at least 4 members (excludes halogenated alkanes) is 11. The summed E-state index contributed by atoms with van der Waals surface area (Å²) in [6.45, 7) is 7.55. The van der Waals surface area contributed by atoms with Gasteiger partial charge in [0.05, 0.1) is 43.2 Å². The molecule has 1 aromatic heterocycles. The lowest BCUT2D eigenvalue weighted by molar-refractivity contribution is -0.216. The first-order valence-corrected chi connectivity index (χ1v) is 21.0. The standard InChI is InChI=1S/C38H59N6O9P/c1-5-6-7-8-9-10-11-12-13-14-15-16-21-47-24-29(50-32-22-28(23-39)19-20-41-32)25-48-54(45,46)49-26-38(4)35-34(51-37(2,3)53-35)33(52-38)30-17-18-31-36(40)42-27-43-44(30)31/h18-20,22,27,29-30,33-35H,5-17,21,24-26H2,1-4H3,(H,45,46)(H2,40,42,43)/t29-,30?,33+,34+,35+,38-/m1/s1. The summed E-state index contributed by atoms with van der Waals surface area (Å²) in [5, 5.41) is 15.5. The van der Waals surface area contributed by atoms with E-state index in [4.69, 9.17) is 38.5 Å². The molecule has 0 aliphatic carbocycles. The van der Waals surface area contributed by atoms with Crippen LogP contribution in [0.5, 0.6) is 5.88 Å². The number of rotatable bonds is 24. The third-order valence-corrected chi connectivity index (χ3v) is 11.1. The Bertz CT molecular complexity index is 1550. The molecule has 7 atom stereocenters. The van der Waals surface area contributed by atoms with Crippen molar-refractivity contribution in [3.8, 4) is 11.9 Å². The zero-order valence-corrected chi connectivity index (χ0v) is 33.2. The van der Waals surface area contributed by atoms with Gasteiger partial charge in [-0.25, -0.2) is 14.5 Å². The molecule has 5 heterocycles. The lowest BCUT2D eigenvalue weighted by atomic mass is 9.95. The number of nitrogens with zero attached hydrogens (tertiary/aromatic N) is 5. The maximum absolute atomic E-state index is 13.3. The van der Waals surface area contributed by atoms with Crippen molar-refractivity contribution in [2.24, 2.45) is 15.8 Å². The van der Waals surface area contributed by atoms with Crippen LogP contribution in [0.25, 0.3) is 0 Å². The van der Waals surface area contributed by atoms with Gasteiger partial charge in [-0.2, -0.15) is 10.4 Å². The van der Waals surface area contributed by atoms with Crippen LogP contribution in [0, 0.1) is 11.3 Å². The van der Waals surface area contributed by atoms with E-state index in [-0.39, 0.29) is 31.7 Å². The molecular weight excluding hydrogens is 715 g/mol. The largest absolute Gasteiger partial charge is 0.472 e. The van der Waals surface area contributed by atoms with E-state index in [0.717, 1.165) is 19.3 Å². The van der Waals surface area contributed by atoms with Crippen molar-refractivity contribution in [1.29, 1.82) is 5.26 Å². The van der Waals surface area contributed by atoms with E-state index >= 15 is 0 Å². The van der Waals surface area contributed by atoms with E-state index in [2.05, 4.69) is 28.1 Å². The molecule has 2 saturated heterocycles. The highest BCUT2D eigenvalue weighted by Gasteiger charge is 2.64. The first-order chi connectivity index (χ1) is 25.9. The van der Waals surface area contributed by atoms with Gasteiger partial charge in [0.15, 0.2) is 11.6 Å². The van der Waals surface area contributed by atoms with Gasteiger partial charge in [0.1, 0.15) is 36.4 Å². The number of amidine groups is 1. The van der Waals surface area contributed by atoms with Gasteiger partial charge in [0.25, 0.3) is 0 Å². The molecule has 3 N–H and O–H groups in total. The van der Waals surface area contributed by atoms with Crippen LogP contribution < -0.4 is 10.5 Å². The number of aromatic nitrogens is 1. The summed E-state index contributed by atoms with van der Waals surface area (Å²) >= 11 is 0. The molecule has 4 aliphatic rings. The lowest BCUT2D eigenvalue weighted by Crippen LogP contribution is -2.46. The SMILES string of the molecule is CCCCCCCCCCCCCCOC[C@H](COP(=O)(O)OC[C@@]1(C)O[C@@H](C2CC=C3C(N)=NC=NN32)[C@@H]2OC(C)(C)O[C@@H]21)Oc1cc(C#N)ccn1. The van der Waals surface area contributed by atoms with Gasteiger partial charge in [-0.1, -0.05) is 83.6 Å². The Morgan fingerprint density at radius 3 is 2.43 bits per heavy atom. The van der Waals surface area contributed by atoms with Crippen LogP contribution in [0.15, 0.2) is 40.2 Å². The molecule has 0 radical (unpaired) electrons. The Kier molecular flexibility index (Phi) is 15.5. The fourth-order valence-corrected chi connectivity index (χ4v) is 8.18. The van der Waals surface area contributed by atoms with Crippen molar-refractivity contribution in [2.75, 3.05) is 26.4 Å². The molecule has 54 heavy (non-hydrogen) atoms. The molecule has 2 unspecified atom stereocenters. The van der Waals surface area contributed by atoms with Crippen molar-refractivity contribution in [3.05, 3.63) is 35.7 Å². The minimum absolute atomic E-state index is 0.0780. The number of hydrogen-bond donors (Lipinski definition) is 2. The third kappa shape index (κ3) is 11.8. The zero-order chi connectivity index (χ0) is 38.6. The van der Waals surface area contributed by atoms with Crippen LogP contribution in [-0.2, 0) is 32.6 Å². The van der Waals surface area contributed by atoms with Gasteiger partial charge >= 0.3 is 7.82 Å². The number of pyridine rings is 1. The van der Waals surface area contributed by atoms with Crippen molar-refractivity contribution in [1.82, 2.24) is 9.99 Å². The fraction of sp³-hybridized carbons (Fsp3) is 0.737. The number of fused-ring (bicyclic) bond motifs is 2. The summed E-state index contributed by atoms with van der Waals surface area (Å²) in [6.07, 6.45) is 17.8. The first kappa shape index (κ1) is 42.2. The van der Waals surface area contributed by atoms with E-state index in [0.29, 0.717) is 30.1 Å². The predicted octanol–water partition coefficient (Wildman–Crippen LogP) is 6.50. The van der Waals surface area contributed by atoms with Crippen LogP contribution in [0.1, 0.15) is 117 Å². The molecule has 1 aromatic rings. The van der Waals surface area contributed by atoms with Crippen LogP contribution in [-0.4, -0.2) is 95.3 Å². The Morgan fingerprint density at radius 1 is 1.02 bits per heavy atom. The van der Waals surface area contributed by atoms with E-state index in [1.54, 1.807) is 18.0 Å².